The molecule has 1 aromatic heterocycles. The average Bonchev–Trinajstić information content (AvgIpc) is 2.75. The van der Waals surface area contributed by atoms with Crippen molar-refractivity contribution < 1.29 is 14.7 Å². The summed E-state index contributed by atoms with van der Waals surface area (Å²) < 4.78 is 1.87. The van der Waals surface area contributed by atoms with Gasteiger partial charge in [0.25, 0.3) is 0 Å². The Kier molecular flexibility index (Phi) is 2.68. The third-order valence-electron chi connectivity index (χ3n) is 4.76. The summed E-state index contributed by atoms with van der Waals surface area (Å²) >= 11 is 0. The maximum atomic E-state index is 12.5. The lowest BCUT2D eigenvalue weighted by Gasteiger charge is -2.26. The van der Waals surface area contributed by atoms with E-state index in [2.05, 4.69) is 10.4 Å². The standard InChI is InChI=1S/C14H19N3O3/c1-13(2)8-14(13,12(19)20)11(18)16-9-4-3-7-17-10(9)5-6-15-17/h5-6,9H,3-4,7-8H2,1-2H3,(H,16,18)(H,19,20). The van der Waals surface area contributed by atoms with Crippen molar-refractivity contribution in [2.24, 2.45) is 10.8 Å². The first kappa shape index (κ1) is 13.1. The second-order valence-corrected chi connectivity index (χ2v) is 6.42. The molecule has 2 heterocycles. The molecule has 2 unspecified atom stereocenters. The maximum absolute atomic E-state index is 12.5. The van der Waals surface area contributed by atoms with Crippen LogP contribution in [0.5, 0.6) is 0 Å². The predicted octanol–water partition coefficient (Wildman–Crippen LogP) is 1.34. The second-order valence-electron chi connectivity index (χ2n) is 6.42. The number of nitrogens with one attached hydrogen (secondary N) is 1. The van der Waals surface area contributed by atoms with Gasteiger partial charge in [0.2, 0.25) is 5.91 Å². The summed E-state index contributed by atoms with van der Waals surface area (Å²) in [6.45, 7) is 4.50. The van der Waals surface area contributed by atoms with E-state index in [0.29, 0.717) is 6.42 Å². The lowest BCUT2D eigenvalue weighted by atomic mass is 9.93. The first-order chi connectivity index (χ1) is 9.38. The highest BCUT2D eigenvalue weighted by atomic mass is 16.4. The van der Waals surface area contributed by atoms with Crippen LogP contribution in [0.25, 0.3) is 0 Å². The van der Waals surface area contributed by atoms with Crippen molar-refractivity contribution in [3.05, 3.63) is 18.0 Å². The van der Waals surface area contributed by atoms with Crippen LogP contribution in [0.15, 0.2) is 12.3 Å². The number of aromatic nitrogens is 2. The number of carboxylic acids is 1. The number of carboxylic acid groups (broad SMARTS) is 1. The topological polar surface area (TPSA) is 84.2 Å². The van der Waals surface area contributed by atoms with Crippen molar-refractivity contribution in [1.29, 1.82) is 0 Å². The Hall–Kier alpha value is -1.85. The van der Waals surface area contributed by atoms with E-state index in [1.807, 2.05) is 24.6 Å². The maximum Gasteiger partial charge on any atom is 0.319 e. The molecule has 6 nitrogen and oxygen atoms in total. The first-order valence-corrected chi connectivity index (χ1v) is 6.94. The van der Waals surface area contributed by atoms with Crippen molar-refractivity contribution >= 4 is 11.9 Å². The predicted molar refractivity (Wildman–Crippen MR) is 70.8 cm³/mol. The molecule has 0 bridgehead atoms. The smallest absolute Gasteiger partial charge is 0.319 e. The lowest BCUT2D eigenvalue weighted by molar-refractivity contribution is -0.151. The fourth-order valence-corrected chi connectivity index (χ4v) is 3.31. The Labute approximate surface area is 117 Å². The number of aryl methyl sites for hydroxylation is 1. The molecule has 0 radical (unpaired) electrons. The summed E-state index contributed by atoms with van der Waals surface area (Å²) in [4.78, 5) is 24.0. The highest BCUT2D eigenvalue weighted by molar-refractivity contribution is 6.06. The summed E-state index contributed by atoms with van der Waals surface area (Å²) in [5, 5.41) is 16.5. The number of amides is 1. The van der Waals surface area contributed by atoms with Gasteiger partial charge in [-0.05, 0) is 30.7 Å². The molecule has 3 rings (SSSR count). The largest absolute Gasteiger partial charge is 0.480 e. The molecular weight excluding hydrogens is 258 g/mol. The Morgan fingerprint density at radius 3 is 2.80 bits per heavy atom. The molecule has 6 heteroatoms. The molecule has 1 fully saturated rings. The van der Waals surface area contributed by atoms with Gasteiger partial charge in [-0.25, -0.2) is 0 Å². The number of aliphatic carboxylic acids is 1. The summed E-state index contributed by atoms with van der Waals surface area (Å²) in [7, 11) is 0. The van der Waals surface area contributed by atoms with E-state index in [-0.39, 0.29) is 11.9 Å². The zero-order chi connectivity index (χ0) is 14.5. The summed E-state index contributed by atoms with van der Waals surface area (Å²) in [5.41, 5.74) is -0.781. The Balaban J connectivity index is 1.80. The number of hydrogen-bond acceptors (Lipinski definition) is 3. The number of carbonyl (C=O) groups excluding carboxylic acids is 1. The summed E-state index contributed by atoms with van der Waals surface area (Å²) in [5.74, 6) is -1.39. The van der Waals surface area contributed by atoms with Crippen molar-refractivity contribution in [1.82, 2.24) is 15.1 Å². The quantitative estimate of drug-likeness (QED) is 0.816. The van der Waals surface area contributed by atoms with Gasteiger partial charge in [-0.3, -0.25) is 14.3 Å². The number of hydrogen-bond donors (Lipinski definition) is 2. The zero-order valence-electron chi connectivity index (χ0n) is 11.7. The summed E-state index contributed by atoms with van der Waals surface area (Å²) in [6, 6.07) is 1.75. The van der Waals surface area contributed by atoms with Crippen molar-refractivity contribution in [2.75, 3.05) is 0 Å². The Morgan fingerprint density at radius 1 is 1.50 bits per heavy atom. The van der Waals surface area contributed by atoms with Crippen LogP contribution in [0.3, 0.4) is 0 Å². The van der Waals surface area contributed by atoms with Gasteiger partial charge in [0.05, 0.1) is 11.7 Å². The van der Waals surface area contributed by atoms with E-state index >= 15 is 0 Å². The number of carbonyl (C=O) groups is 2. The van der Waals surface area contributed by atoms with Gasteiger partial charge in [-0.15, -0.1) is 0 Å². The minimum Gasteiger partial charge on any atom is -0.480 e. The van der Waals surface area contributed by atoms with E-state index in [0.717, 1.165) is 25.1 Å². The van der Waals surface area contributed by atoms with Crippen molar-refractivity contribution in [3.63, 3.8) is 0 Å². The molecule has 1 aliphatic carbocycles. The van der Waals surface area contributed by atoms with Crippen molar-refractivity contribution in [2.45, 2.75) is 45.7 Å². The van der Waals surface area contributed by atoms with E-state index in [9.17, 15) is 14.7 Å². The van der Waals surface area contributed by atoms with E-state index in [1.165, 1.54) is 0 Å². The van der Waals surface area contributed by atoms with E-state index in [1.54, 1.807) is 6.20 Å². The van der Waals surface area contributed by atoms with Crippen LogP contribution in [0.2, 0.25) is 0 Å². The Bertz CT molecular complexity index is 578. The molecule has 1 amide bonds. The molecule has 1 aromatic rings. The average molecular weight is 277 g/mol. The molecule has 2 atom stereocenters. The highest BCUT2D eigenvalue weighted by Gasteiger charge is 2.72. The number of fused-ring (bicyclic) bond motifs is 1. The van der Waals surface area contributed by atoms with Gasteiger partial charge >= 0.3 is 5.97 Å². The first-order valence-electron chi connectivity index (χ1n) is 6.94. The van der Waals surface area contributed by atoms with Crippen LogP contribution in [0.1, 0.15) is 44.8 Å². The van der Waals surface area contributed by atoms with Crippen LogP contribution in [-0.4, -0.2) is 26.8 Å². The fourth-order valence-electron chi connectivity index (χ4n) is 3.31. The van der Waals surface area contributed by atoms with Crippen LogP contribution in [0, 0.1) is 10.8 Å². The Morgan fingerprint density at radius 2 is 2.20 bits per heavy atom. The third kappa shape index (κ3) is 1.67. The molecule has 2 aliphatic rings. The van der Waals surface area contributed by atoms with Gasteiger partial charge in [0, 0.05) is 12.7 Å². The van der Waals surface area contributed by atoms with Crippen LogP contribution < -0.4 is 5.32 Å². The highest BCUT2D eigenvalue weighted by Crippen LogP contribution is 2.63. The molecule has 0 saturated heterocycles. The SMILES string of the molecule is CC1(C)CC1(C(=O)O)C(=O)NC1CCCn2nccc21. The van der Waals surface area contributed by atoms with Gasteiger partial charge in [-0.1, -0.05) is 13.8 Å². The van der Waals surface area contributed by atoms with Crippen LogP contribution in [0.4, 0.5) is 0 Å². The molecule has 2 N–H and O–H groups in total. The molecule has 108 valence electrons. The monoisotopic (exact) mass is 277 g/mol. The molecule has 0 aromatic carbocycles. The van der Waals surface area contributed by atoms with E-state index < -0.39 is 16.8 Å². The van der Waals surface area contributed by atoms with Gasteiger partial charge < -0.3 is 10.4 Å². The van der Waals surface area contributed by atoms with Crippen LogP contribution in [-0.2, 0) is 16.1 Å². The lowest BCUT2D eigenvalue weighted by Crippen LogP contribution is -2.43. The second kappa shape index (κ2) is 4.07. The van der Waals surface area contributed by atoms with Crippen molar-refractivity contribution in [3.8, 4) is 0 Å². The van der Waals surface area contributed by atoms with Crippen LogP contribution >= 0.6 is 0 Å². The minimum atomic E-state index is -1.27. The molecule has 1 saturated carbocycles. The number of nitrogens with zero attached hydrogens (tertiary/aromatic N) is 2. The third-order valence-corrected chi connectivity index (χ3v) is 4.76. The normalized spacial score (nSPS) is 30.4. The molecule has 1 aliphatic heterocycles. The fraction of sp³-hybridized carbons (Fsp3) is 0.643. The van der Waals surface area contributed by atoms with Gasteiger partial charge in [0.15, 0.2) is 5.41 Å². The van der Waals surface area contributed by atoms with Gasteiger partial charge in [-0.2, -0.15) is 5.10 Å². The summed E-state index contributed by atoms with van der Waals surface area (Å²) in [6.07, 6.45) is 3.87. The molecule has 0 spiro atoms. The van der Waals surface area contributed by atoms with Gasteiger partial charge in [0.1, 0.15) is 0 Å². The minimum absolute atomic E-state index is 0.133. The molecule has 20 heavy (non-hydrogen) atoms. The molecular formula is C14H19N3O3. The zero-order valence-corrected chi connectivity index (χ0v) is 11.7. The number of rotatable bonds is 3. The van der Waals surface area contributed by atoms with E-state index in [4.69, 9.17) is 0 Å².